The quantitative estimate of drug-likeness (QED) is 0.387. The average molecular weight is 405 g/mol. The van der Waals surface area contributed by atoms with Crippen LogP contribution in [0.1, 0.15) is 11.1 Å². The predicted molar refractivity (Wildman–Crippen MR) is 114 cm³/mol. The van der Waals surface area contributed by atoms with Gasteiger partial charge in [0.05, 0.1) is 12.8 Å². The zero-order chi connectivity index (χ0) is 20.2. The lowest BCUT2D eigenvalue weighted by atomic mass is 10.1. The van der Waals surface area contributed by atoms with Crippen LogP contribution in [0, 0.1) is 12.7 Å². The van der Waals surface area contributed by atoms with E-state index in [0.29, 0.717) is 5.82 Å². The lowest BCUT2D eigenvalue weighted by Gasteiger charge is -2.13. The van der Waals surface area contributed by atoms with E-state index in [1.165, 1.54) is 12.1 Å². The second-order valence-corrected chi connectivity index (χ2v) is 7.52. The van der Waals surface area contributed by atoms with E-state index in [9.17, 15) is 4.39 Å². The van der Waals surface area contributed by atoms with Gasteiger partial charge in [-0.2, -0.15) is 0 Å². The number of halogens is 1. The second-order valence-electron chi connectivity index (χ2n) is 6.58. The highest BCUT2D eigenvalue weighted by Crippen LogP contribution is 2.31. The molecule has 0 radical (unpaired) electrons. The summed E-state index contributed by atoms with van der Waals surface area (Å²) in [6, 6.07) is 22.4. The van der Waals surface area contributed by atoms with Crippen molar-refractivity contribution in [3.63, 3.8) is 0 Å². The number of aromatic nitrogens is 3. The summed E-state index contributed by atoms with van der Waals surface area (Å²) in [4.78, 5) is 0. The number of hydrogen-bond donors (Lipinski definition) is 0. The van der Waals surface area contributed by atoms with E-state index in [-0.39, 0.29) is 5.82 Å². The van der Waals surface area contributed by atoms with Crippen LogP contribution in [0.25, 0.3) is 17.1 Å². The molecule has 4 rings (SSSR count). The molecule has 0 spiro atoms. The minimum atomic E-state index is -0.275. The SMILES string of the molecule is COc1cccc(CSc2nnc(-c3ccc(F)cc3)n2-c2ccccc2C)c1. The van der Waals surface area contributed by atoms with Crippen LogP contribution in [-0.2, 0) is 5.75 Å². The van der Waals surface area contributed by atoms with Gasteiger partial charge in [0.2, 0.25) is 0 Å². The third-order valence-electron chi connectivity index (χ3n) is 4.59. The van der Waals surface area contributed by atoms with Gasteiger partial charge in [-0.15, -0.1) is 10.2 Å². The molecular formula is C23H20FN3OS. The van der Waals surface area contributed by atoms with E-state index in [1.54, 1.807) is 31.0 Å². The molecule has 6 heteroatoms. The molecule has 0 aliphatic carbocycles. The molecule has 0 N–H and O–H groups in total. The standard InChI is InChI=1S/C23H20FN3OS/c1-16-6-3-4-9-21(16)27-22(18-10-12-19(24)13-11-18)25-26-23(27)29-15-17-7-5-8-20(14-17)28-2/h3-14H,15H2,1-2H3. The Kier molecular flexibility index (Phi) is 5.62. The Balaban J connectivity index is 1.73. The van der Waals surface area contributed by atoms with Crippen molar-refractivity contribution in [3.8, 4) is 22.8 Å². The van der Waals surface area contributed by atoms with Crippen molar-refractivity contribution in [2.45, 2.75) is 17.8 Å². The number of rotatable bonds is 6. The largest absolute Gasteiger partial charge is 0.497 e. The molecule has 29 heavy (non-hydrogen) atoms. The number of para-hydroxylation sites is 1. The summed E-state index contributed by atoms with van der Waals surface area (Å²) in [5.74, 6) is 1.97. The van der Waals surface area contributed by atoms with Crippen molar-refractivity contribution in [2.75, 3.05) is 7.11 Å². The van der Waals surface area contributed by atoms with E-state index in [4.69, 9.17) is 4.74 Å². The summed E-state index contributed by atoms with van der Waals surface area (Å²) in [7, 11) is 1.66. The van der Waals surface area contributed by atoms with E-state index in [2.05, 4.69) is 29.3 Å². The average Bonchev–Trinajstić information content (AvgIpc) is 3.17. The second kappa shape index (κ2) is 8.49. The number of nitrogens with zero attached hydrogens (tertiary/aromatic N) is 3. The third kappa shape index (κ3) is 4.17. The Labute approximate surface area is 173 Å². The predicted octanol–water partition coefficient (Wildman–Crippen LogP) is 5.68. The highest BCUT2D eigenvalue weighted by Gasteiger charge is 2.17. The highest BCUT2D eigenvalue weighted by atomic mass is 32.2. The van der Waals surface area contributed by atoms with Gasteiger partial charge in [0, 0.05) is 11.3 Å². The molecule has 146 valence electrons. The van der Waals surface area contributed by atoms with Crippen molar-refractivity contribution >= 4 is 11.8 Å². The van der Waals surface area contributed by atoms with Gasteiger partial charge in [-0.3, -0.25) is 4.57 Å². The number of hydrogen-bond acceptors (Lipinski definition) is 4. The van der Waals surface area contributed by atoms with Crippen LogP contribution in [-0.4, -0.2) is 21.9 Å². The van der Waals surface area contributed by atoms with Gasteiger partial charge in [0.1, 0.15) is 11.6 Å². The van der Waals surface area contributed by atoms with Gasteiger partial charge in [0.25, 0.3) is 0 Å². The molecule has 4 nitrogen and oxygen atoms in total. The fraction of sp³-hybridized carbons (Fsp3) is 0.130. The molecule has 1 aromatic heterocycles. The lowest BCUT2D eigenvalue weighted by molar-refractivity contribution is 0.414. The van der Waals surface area contributed by atoms with Crippen molar-refractivity contribution < 1.29 is 9.13 Å². The van der Waals surface area contributed by atoms with Gasteiger partial charge in [0.15, 0.2) is 11.0 Å². The molecule has 0 atom stereocenters. The van der Waals surface area contributed by atoms with Crippen LogP contribution < -0.4 is 4.74 Å². The molecule has 4 aromatic rings. The van der Waals surface area contributed by atoms with E-state index < -0.39 is 0 Å². The number of aryl methyl sites for hydroxylation is 1. The van der Waals surface area contributed by atoms with Crippen LogP contribution in [0.2, 0.25) is 0 Å². The molecule has 0 unspecified atom stereocenters. The number of benzene rings is 3. The molecule has 1 heterocycles. The first-order valence-electron chi connectivity index (χ1n) is 9.19. The Morgan fingerprint density at radius 3 is 2.52 bits per heavy atom. The first-order chi connectivity index (χ1) is 14.2. The summed E-state index contributed by atoms with van der Waals surface area (Å²) in [6.07, 6.45) is 0. The lowest BCUT2D eigenvalue weighted by Crippen LogP contribution is -2.02. The monoisotopic (exact) mass is 405 g/mol. The summed E-state index contributed by atoms with van der Waals surface area (Å²) >= 11 is 1.60. The van der Waals surface area contributed by atoms with Gasteiger partial charge < -0.3 is 4.74 Å². The Morgan fingerprint density at radius 1 is 0.966 bits per heavy atom. The molecule has 0 aliphatic heterocycles. The van der Waals surface area contributed by atoms with E-state index in [0.717, 1.165) is 39.0 Å². The fourth-order valence-electron chi connectivity index (χ4n) is 3.09. The van der Waals surface area contributed by atoms with Gasteiger partial charge in [-0.25, -0.2) is 4.39 Å². The summed E-state index contributed by atoms with van der Waals surface area (Å²) < 4.78 is 20.8. The number of methoxy groups -OCH3 is 1. The Morgan fingerprint density at radius 2 is 1.76 bits per heavy atom. The number of ether oxygens (including phenoxy) is 1. The molecule has 0 aliphatic rings. The van der Waals surface area contributed by atoms with E-state index >= 15 is 0 Å². The molecular weight excluding hydrogens is 385 g/mol. The summed E-state index contributed by atoms with van der Waals surface area (Å²) in [5.41, 5.74) is 4.07. The third-order valence-corrected chi connectivity index (χ3v) is 5.59. The normalized spacial score (nSPS) is 10.9. The van der Waals surface area contributed by atoms with Gasteiger partial charge in [-0.05, 0) is 60.5 Å². The molecule has 0 bridgehead atoms. The van der Waals surface area contributed by atoms with Crippen LogP contribution in [0.5, 0.6) is 5.75 Å². The Bertz CT molecular complexity index is 1130. The molecule has 3 aromatic carbocycles. The van der Waals surface area contributed by atoms with Crippen LogP contribution >= 0.6 is 11.8 Å². The van der Waals surface area contributed by atoms with E-state index in [1.807, 2.05) is 41.0 Å². The van der Waals surface area contributed by atoms with Crippen molar-refractivity contribution in [2.24, 2.45) is 0 Å². The zero-order valence-electron chi connectivity index (χ0n) is 16.2. The first kappa shape index (κ1) is 19.2. The highest BCUT2D eigenvalue weighted by molar-refractivity contribution is 7.98. The van der Waals surface area contributed by atoms with Gasteiger partial charge >= 0.3 is 0 Å². The van der Waals surface area contributed by atoms with Crippen molar-refractivity contribution in [1.82, 2.24) is 14.8 Å². The number of thioether (sulfide) groups is 1. The van der Waals surface area contributed by atoms with Crippen LogP contribution in [0.3, 0.4) is 0 Å². The summed E-state index contributed by atoms with van der Waals surface area (Å²) in [6.45, 7) is 2.06. The smallest absolute Gasteiger partial charge is 0.196 e. The molecule has 0 saturated carbocycles. The fourth-order valence-corrected chi connectivity index (χ4v) is 3.98. The maximum atomic E-state index is 13.4. The minimum absolute atomic E-state index is 0.275. The van der Waals surface area contributed by atoms with Crippen LogP contribution in [0.4, 0.5) is 4.39 Å². The maximum absolute atomic E-state index is 13.4. The van der Waals surface area contributed by atoms with Crippen molar-refractivity contribution in [1.29, 1.82) is 0 Å². The topological polar surface area (TPSA) is 39.9 Å². The summed E-state index contributed by atoms with van der Waals surface area (Å²) in [5, 5.41) is 9.64. The van der Waals surface area contributed by atoms with Gasteiger partial charge in [-0.1, -0.05) is 42.1 Å². The molecule has 0 amide bonds. The maximum Gasteiger partial charge on any atom is 0.196 e. The van der Waals surface area contributed by atoms with Crippen molar-refractivity contribution in [3.05, 3.63) is 89.7 Å². The van der Waals surface area contributed by atoms with Crippen LogP contribution in [0.15, 0.2) is 78.0 Å². The Hall–Kier alpha value is -3.12. The molecule has 0 saturated heterocycles. The molecule has 0 fully saturated rings. The minimum Gasteiger partial charge on any atom is -0.497 e. The zero-order valence-corrected chi connectivity index (χ0v) is 17.0. The first-order valence-corrected chi connectivity index (χ1v) is 10.2.